The van der Waals surface area contributed by atoms with Crippen LogP contribution in [0.1, 0.15) is 27.7 Å². The molecule has 0 atom stereocenters. The molecule has 1 aromatic carbocycles. The molecule has 1 aliphatic rings. The summed E-state index contributed by atoms with van der Waals surface area (Å²) in [6.45, 7) is 7.60. The minimum Gasteiger partial charge on any atom is -0.494 e. The monoisotopic (exact) mass is 266 g/mol. The van der Waals surface area contributed by atoms with E-state index in [0.717, 1.165) is 0 Å². The maximum absolute atomic E-state index is 13.7. The number of anilines is 2. The van der Waals surface area contributed by atoms with Crippen molar-refractivity contribution in [2.24, 2.45) is 5.41 Å². The summed E-state index contributed by atoms with van der Waals surface area (Å²) >= 11 is 0. The van der Waals surface area contributed by atoms with E-state index in [-0.39, 0.29) is 11.7 Å². The van der Waals surface area contributed by atoms with Crippen LogP contribution in [-0.2, 0) is 4.79 Å². The van der Waals surface area contributed by atoms with Crippen molar-refractivity contribution < 1.29 is 13.9 Å². The number of nitrogens with one attached hydrogen (secondary N) is 2. The van der Waals surface area contributed by atoms with Gasteiger partial charge in [-0.25, -0.2) is 4.39 Å². The quantitative estimate of drug-likeness (QED) is 0.821. The first-order valence-electron chi connectivity index (χ1n) is 6.16. The minimum atomic E-state index is -0.643. The maximum Gasteiger partial charge on any atom is 0.232 e. The highest BCUT2D eigenvalue weighted by molar-refractivity contribution is 6.00. The van der Waals surface area contributed by atoms with Crippen LogP contribution in [0.15, 0.2) is 12.1 Å². The summed E-state index contributed by atoms with van der Waals surface area (Å²) in [5.41, 5.74) is -0.0369. The van der Waals surface area contributed by atoms with E-state index in [1.54, 1.807) is 6.07 Å². The summed E-state index contributed by atoms with van der Waals surface area (Å²) in [7, 11) is 1.41. The van der Waals surface area contributed by atoms with E-state index in [1.165, 1.54) is 13.2 Å². The number of amides is 1. The van der Waals surface area contributed by atoms with E-state index in [0.29, 0.717) is 11.4 Å². The van der Waals surface area contributed by atoms with Gasteiger partial charge >= 0.3 is 0 Å². The van der Waals surface area contributed by atoms with Crippen molar-refractivity contribution in [3.8, 4) is 5.75 Å². The maximum atomic E-state index is 13.7. The lowest BCUT2D eigenvalue weighted by Crippen LogP contribution is -2.50. The molecule has 104 valence electrons. The van der Waals surface area contributed by atoms with Gasteiger partial charge in [0.1, 0.15) is 0 Å². The molecule has 0 fully saturated rings. The molecular weight excluding hydrogens is 247 g/mol. The van der Waals surface area contributed by atoms with Gasteiger partial charge in [0, 0.05) is 17.7 Å². The number of hydrogen-bond acceptors (Lipinski definition) is 3. The van der Waals surface area contributed by atoms with Crippen molar-refractivity contribution in [3.05, 3.63) is 17.9 Å². The molecule has 1 amide bonds. The van der Waals surface area contributed by atoms with Gasteiger partial charge < -0.3 is 15.4 Å². The largest absolute Gasteiger partial charge is 0.494 e. The second kappa shape index (κ2) is 4.11. The van der Waals surface area contributed by atoms with E-state index in [1.807, 2.05) is 27.7 Å². The van der Waals surface area contributed by atoms with Gasteiger partial charge in [-0.3, -0.25) is 4.79 Å². The summed E-state index contributed by atoms with van der Waals surface area (Å²) in [6.07, 6.45) is 0. The predicted octanol–water partition coefficient (Wildman–Crippen LogP) is 3.00. The molecule has 0 spiro atoms. The standard InChI is InChI=1S/C14H19FN2O2/c1-13(2)12(18)16-9-6-8(15)11(19-5)7-10(9)17-14(13,3)4/h6-7,17H,1-5H3,(H,16,18). The number of hydrogen-bond donors (Lipinski definition) is 2. The van der Waals surface area contributed by atoms with Crippen LogP contribution < -0.4 is 15.4 Å². The summed E-state index contributed by atoms with van der Waals surface area (Å²) in [4.78, 5) is 12.3. The van der Waals surface area contributed by atoms with Crippen molar-refractivity contribution >= 4 is 17.3 Å². The number of methoxy groups -OCH3 is 1. The Morgan fingerprint density at radius 2 is 1.79 bits per heavy atom. The van der Waals surface area contributed by atoms with Crippen molar-refractivity contribution in [2.75, 3.05) is 17.7 Å². The zero-order chi connectivity index (χ0) is 14.4. The lowest BCUT2D eigenvalue weighted by molar-refractivity contribution is -0.126. The Labute approximate surface area is 112 Å². The van der Waals surface area contributed by atoms with Gasteiger partial charge in [-0.2, -0.15) is 0 Å². The third-order valence-corrected chi connectivity index (χ3v) is 4.12. The SMILES string of the molecule is COc1cc2c(cc1F)NC(=O)C(C)(C)C(C)(C)N2. The first kappa shape index (κ1) is 13.6. The topological polar surface area (TPSA) is 50.4 Å². The Kier molecular flexibility index (Phi) is 2.96. The Balaban J connectivity index is 2.57. The van der Waals surface area contributed by atoms with Crippen molar-refractivity contribution in [3.63, 3.8) is 0 Å². The molecule has 2 N–H and O–H groups in total. The van der Waals surface area contributed by atoms with Crippen LogP contribution in [0.25, 0.3) is 0 Å². The lowest BCUT2D eigenvalue weighted by atomic mass is 9.74. The molecule has 0 unspecified atom stereocenters. The van der Waals surface area contributed by atoms with Crippen LogP contribution in [0, 0.1) is 11.2 Å². The second-order valence-electron chi connectivity index (χ2n) is 5.86. The average Bonchev–Trinajstić information content (AvgIpc) is 2.36. The molecule has 0 bridgehead atoms. The molecule has 1 aromatic rings. The smallest absolute Gasteiger partial charge is 0.232 e. The van der Waals surface area contributed by atoms with Gasteiger partial charge in [0.25, 0.3) is 0 Å². The number of ether oxygens (including phenoxy) is 1. The normalized spacial score (nSPS) is 19.8. The van der Waals surface area contributed by atoms with Gasteiger partial charge in [0.15, 0.2) is 11.6 Å². The summed E-state index contributed by atoms with van der Waals surface area (Å²) in [6, 6.07) is 2.84. The van der Waals surface area contributed by atoms with E-state index >= 15 is 0 Å². The fraction of sp³-hybridized carbons (Fsp3) is 0.500. The molecular formula is C14H19FN2O2. The summed E-state index contributed by atoms with van der Waals surface area (Å²) in [5, 5.41) is 6.05. The predicted molar refractivity (Wildman–Crippen MR) is 73.1 cm³/mol. The second-order valence-corrected chi connectivity index (χ2v) is 5.86. The highest BCUT2D eigenvalue weighted by atomic mass is 19.1. The lowest BCUT2D eigenvalue weighted by Gasteiger charge is -2.39. The highest BCUT2D eigenvalue weighted by Gasteiger charge is 2.45. The minimum absolute atomic E-state index is 0.145. The molecule has 2 rings (SSSR count). The van der Waals surface area contributed by atoms with E-state index in [2.05, 4.69) is 10.6 Å². The molecule has 19 heavy (non-hydrogen) atoms. The van der Waals surface area contributed by atoms with E-state index in [4.69, 9.17) is 4.74 Å². The fourth-order valence-electron chi connectivity index (χ4n) is 1.97. The molecule has 0 aromatic heterocycles. The number of rotatable bonds is 1. The van der Waals surface area contributed by atoms with Crippen molar-refractivity contribution in [2.45, 2.75) is 33.2 Å². The van der Waals surface area contributed by atoms with Crippen LogP contribution in [0.4, 0.5) is 15.8 Å². The number of fused-ring (bicyclic) bond motifs is 1. The number of benzene rings is 1. The van der Waals surface area contributed by atoms with Gasteiger partial charge in [-0.05, 0) is 27.7 Å². The fourth-order valence-corrected chi connectivity index (χ4v) is 1.97. The molecule has 0 saturated heterocycles. The first-order valence-corrected chi connectivity index (χ1v) is 6.16. The van der Waals surface area contributed by atoms with Gasteiger partial charge in [-0.1, -0.05) is 0 Å². The Hall–Kier alpha value is -1.78. The van der Waals surface area contributed by atoms with Crippen molar-refractivity contribution in [1.29, 1.82) is 0 Å². The zero-order valence-electron chi connectivity index (χ0n) is 11.8. The van der Waals surface area contributed by atoms with Crippen molar-refractivity contribution in [1.82, 2.24) is 0 Å². The van der Waals surface area contributed by atoms with Gasteiger partial charge in [-0.15, -0.1) is 0 Å². The van der Waals surface area contributed by atoms with E-state index in [9.17, 15) is 9.18 Å². The number of carbonyl (C=O) groups is 1. The molecule has 0 aliphatic carbocycles. The average molecular weight is 266 g/mol. The van der Waals surface area contributed by atoms with Crippen LogP contribution in [0.3, 0.4) is 0 Å². The molecule has 0 saturated carbocycles. The summed E-state index contributed by atoms with van der Waals surface area (Å²) < 4.78 is 18.7. The molecule has 4 nitrogen and oxygen atoms in total. The van der Waals surface area contributed by atoms with Crippen LogP contribution in [0.2, 0.25) is 0 Å². The third kappa shape index (κ3) is 2.03. The number of carbonyl (C=O) groups excluding carboxylic acids is 1. The van der Waals surface area contributed by atoms with Crippen LogP contribution in [-0.4, -0.2) is 18.6 Å². The van der Waals surface area contributed by atoms with E-state index < -0.39 is 16.8 Å². The zero-order valence-corrected chi connectivity index (χ0v) is 11.8. The summed E-state index contributed by atoms with van der Waals surface area (Å²) in [5.74, 6) is -0.495. The Morgan fingerprint density at radius 1 is 1.16 bits per heavy atom. The Bertz CT molecular complexity index is 538. The number of halogens is 1. The first-order chi connectivity index (χ1) is 8.69. The van der Waals surface area contributed by atoms with Crippen LogP contribution in [0.5, 0.6) is 5.75 Å². The Morgan fingerprint density at radius 3 is 2.37 bits per heavy atom. The third-order valence-electron chi connectivity index (χ3n) is 4.12. The molecule has 1 aliphatic heterocycles. The molecule has 5 heteroatoms. The van der Waals surface area contributed by atoms with Gasteiger partial charge in [0.05, 0.1) is 23.9 Å². The molecule has 1 heterocycles. The van der Waals surface area contributed by atoms with Crippen LogP contribution >= 0.6 is 0 Å². The molecule has 0 radical (unpaired) electrons. The highest BCUT2D eigenvalue weighted by Crippen LogP contribution is 2.42. The van der Waals surface area contributed by atoms with Gasteiger partial charge in [0.2, 0.25) is 5.91 Å².